The zero-order valence-electron chi connectivity index (χ0n) is 10.1. The zero-order valence-corrected chi connectivity index (χ0v) is 10.1. The highest BCUT2D eigenvalue weighted by molar-refractivity contribution is 4.78. The Labute approximate surface area is 87.8 Å². The Morgan fingerprint density at radius 2 is 1.86 bits per heavy atom. The number of aliphatic hydroxyl groups is 1. The Morgan fingerprint density at radius 1 is 1.29 bits per heavy atom. The van der Waals surface area contributed by atoms with Crippen molar-refractivity contribution in [3.8, 4) is 0 Å². The quantitative estimate of drug-likeness (QED) is 0.615. The summed E-state index contributed by atoms with van der Waals surface area (Å²) in [5.74, 6) is 0.265. The lowest BCUT2D eigenvalue weighted by Gasteiger charge is -2.28. The molecule has 0 aromatic rings. The van der Waals surface area contributed by atoms with Gasteiger partial charge in [0.1, 0.15) is 0 Å². The van der Waals surface area contributed by atoms with Crippen molar-refractivity contribution < 1.29 is 9.84 Å². The van der Waals surface area contributed by atoms with Gasteiger partial charge in [-0.3, -0.25) is 0 Å². The minimum absolute atomic E-state index is 0.265. The van der Waals surface area contributed by atoms with E-state index >= 15 is 0 Å². The van der Waals surface area contributed by atoms with Crippen LogP contribution in [0.1, 0.15) is 34.6 Å². The Morgan fingerprint density at radius 3 is 2.29 bits per heavy atom. The molecular weight excluding hydrogens is 178 g/mol. The summed E-state index contributed by atoms with van der Waals surface area (Å²) < 4.78 is 5.37. The molecule has 0 aliphatic rings. The van der Waals surface area contributed by atoms with E-state index in [0.717, 1.165) is 6.54 Å². The maximum absolute atomic E-state index is 9.90. The van der Waals surface area contributed by atoms with E-state index in [2.05, 4.69) is 5.32 Å². The summed E-state index contributed by atoms with van der Waals surface area (Å²) in [4.78, 5) is 0. The topological polar surface area (TPSA) is 41.5 Å². The molecule has 3 nitrogen and oxygen atoms in total. The monoisotopic (exact) mass is 203 g/mol. The molecule has 0 heterocycles. The molecule has 0 aromatic heterocycles. The molecule has 0 radical (unpaired) electrons. The fraction of sp³-hybridized carbons (Fsp3) is 1.00. The summed E-state index contributed by atoms with van der Waals surface area (Å²) in [5, 5.41) is 13.1. The van der Waals surface area contributed by atoms with Gasteiger partial charge in [0.15, 0.2) is 0 Å². The summed E-state index contributed by atoms with van der Waals surface area (Å²) >= 11 is 0. The Balaban J connectivity index is 3.45. The SMILES string of the molecule is CC(C)OCCNCC(C)(O)C(C)C. The first-order chi connectivity index (χ1) is 6.36. The Bertz CT molecular complexity index is 144. The Hall–Kier alpha value is -0.120. The molecule has 0 aromatic carbocycles. The molecule has 0 saturated heterocycles. The molecule has 0 bridgehead atoms. The van der Waals surface area contributed by atoms with Gasteiger partial charge in [-0.1, -0.05) is 13.8 Å². The van der Waals surface area contributed by atoms with Gasteiger partial charge in [-0.05, 0) is 26.7 Å². The summed E-state index contributed by atoms with van der Waals surface area (Å²) in [5.41, 5.74) is -0.627. The lowest BCUT2D eigenvalue weighted by atomic mass is 9.93. The van der Waals surface area contributed by atoms with Gasteiger partial charge in [-0.2, -0.15) is 0 Å². The highest BCUT2D eigenvalue weighted by Gasteiger charge is 2.23. The van der Waals surface area contributed by atoms with Crippen LogP contribution in [0.4, 0.5) is 0 Å². The van der Waals surface area contributed by atoms with Gasteiger partial charge in [0.2, 0.25) is 0 Å². The van der Waals surface area contributed by atoms with Crippen molar-refractivity contribution in [2.75, 3.05) is 19.7 Å². The van der Waals surface area contributed by atoms with E-state index in [1.165, 1.54) is 0 Å². The van der Waals surface area contributed by atoms with Gasteiger partial charge in [0, 0.05) is 13.1 Å². The van der Waals surface area contributed by atoms with Crippen LogP contribution in [-0.4, -0.2) is 36.5 Å². The van der Waals surface area contributed by atoms with Gasteiger partial charge in [0.05, 0.1) is 18.3 Å². The maximum atomic E-state index is 9.90. The second-order valence-corrected chi connectivity index (χ2v) is 4.61. The average molecular weight is 203 g/mol. The van der Waals surface area contributed by atoms with Crippen molar-refractivity contribution in [1.82, 2.24) is 5.32 Å². The second-order valence-electron chi connectivity index (χ2n) is 4.61. The van der Waals surface area contributed by atoms with E-state index in [4.69, 9.17) is 4.74 Å². The second kappa shape index (κ2) is 6.38. The Kier molecular flexibility index (Phi) is 6.33. The van der Waals surface area contributed by atoms with Crippen LogP contribution in [0.2, 0.25) is 0 Å². The smallest absolute Gasteiger partial charge is 0.0766 e. The van der Waals surface area contributed by atoms with Crippen LogP contribution in [0.3, 0.4) is 0 Å². The normalized spacial score (nSPS) is 16.3. The van der Waals surface area contributed by atoms with Crippen LogP contribution in [0.15, 0.2) is 0 Å². The molecule has 1 atom stereocenters. The van der Waals surface area contributed by atoms with Gasteiger partial charge in [-0.25, -0.2) is 0 Å². The van der Waals surface area contributed by atoms with Crippen molar-refractivity contribution in [3.05, 3.63) is 0 Å². The van der Waals surface area contributed by atoms with Crippen LogP contribution >= 0.6 is 0 Å². The van der Waals surface area contributed by atoms with E-state index in [0.29, 0.717) is 13.2 Å². The molecule has 2 N–H and O–H groups in total. The van der Waals surface area contributed by atoms with Crippen molar-refractivity contribution in [2.45, 2.75) is 46.3 Å². The number of rotatable bonds is 7. The van der Waals surface area contributed by atoms with E-state index < -0.39 is 5.60 Å². The molecule has 0 fully saturated rings. The molecule has 3 heteroatoms. The van der Waals surface area contributed by atoms with Crippen LogP contribution < -0.4 is 5.32 Å². The third kappa shape index (κ3) is 6.35. The largest absolute Gasteiger partial charge is 0.389 e. The van der Waals surface area contributed by atoms with E-state index in [9.17, 15) is 5.11 Å². The van der Waals surface area contributed by atoms with Crippen LogP contribution in [0, 0.1) is 5.92 Å². The van der Waals surface area contributed by atoms with Gasteiger partial charge in [-0.15, -0.1) is 0 Å². The number of ether oxygens (including phenoxy) is 1. The third-order valence-corrected chi connectivity index (χ3v) is 2.46. The number of hydrogen-bond acceptors (Lipinski definition) is 3. The summed E-state index contributed by atoms with van der Waals surface area (Å²) in [7, 11) is 0. The molecule has 0 amide bonds. The summed E-state index contributed by atoms with van der Waals surface area (Å²) in [6.07, 6.45) is 0.280. The van der Waals surface area contributed by atoms with Crippen molar-refractivity contribution in [2.24, 2.45) is 5.92 Å². The van der Waals surface area contributed by atoms with Crippen molar-refractivity contribution in [3.63, 3.8) is 0 Å². The number of hydrogen-bond donors (Lipinski definition) is 2. The molecule has 14 heavy (non-hydrogen) atoms. The van der Waals surface area contributed by atoms with Crippen LogP contribution in [0.5, 0.6) is 0 Å². The molecule has 0 rings (SSSR count). The molecule has 0 saturated carbocycles. The average Bonchev–Trinajstić information content (AvgIpc) is 2.02. The maximum Gasteiger partial charge on any atom is 0.0766 e. The van der Waals surface area contributed by atoms with Gasteiger partial charge in [0.25, 0.3) is 0 Å². The minimum Gasteiger partial charge on any atom is -0.389 e. The van der Waals surface area contributed by atoms with E-state index in [-0.39, 0.29) is 12.0 Å². The van der Waals surface area contributed by atoms with Gasteiger partial charge < -0.3 is 15.2 Å². The predicted octanol–water partition coefficient (Wildman–Crippen LogP) is 1.41. The minimum atomic E-state index is -0.627. The number of nitrogens with one attached hydrogen (secondary N) is 1. The molecule has 0 aliphatic carbocycles. The lowest BCUT2D eigenvalue weighted by molar-refractivity contribution is 0.0109. The first kappa shape index (κ1) is 13.9. The lowest BCUT2D eigenvalue weighted by Crippen LogP contribution is -2.43. The third-order valence-electron chi connectivity index (χ3n) is 2.46. The van der Waals surface area contributed by atoms with Crippen molar-refractivity contribution >= 4 is 0 Å². The zero-order chi connectivity index (χ0) is 11.2. The van der Waals surface area contributed by atoms with E-state index in [1.807, 2.05) is 34.6 Å². The first-order valence-corrected chi connectivity index (χ1v) is 5.41. The standard InChI is InChI=1S/C11H25NO2/c1-9(2)11(5,13)8-12-6-7-14-10(3)4/h9-10,12-13H,6-8H2,1-5H3. The fourth-order valence-electron chi connectivity index (χ4n) is 0.912. The van der Waals surface area contributed by atoms with Crippen LogP contribution in [-0.2, 0) is 4.74 Å². The van der Waals surface area contributed by atoms with Crippen LogP contribution in [0.25, 0.3) is 0 Å². The molecule has 0 aliphatic heterocycles. The van der Waals surface area contributed by atoms with Crippen molar-refractivity contribution in [1.29, 1.82) is 0 Å². The molecule has 0 spiro atoms. The highest BCUT2D eigenvalue weighted by Crippen LogP contribution is 2.14. The van der Waals surface area contributed by atoms with Gasteiger partial charge >= 0.3 is 0 Å². The molecule has 86 valence electrons. The summed E-state index contributed by atoms with van der Waals surface area (Å²) in [6, 6.07) is 0. The highest BCUT2D eigenvalue weighted by atomic mass is 16.5. The summed E-state index contributed by atoms with van der Waals surface area (Å²) in [6.45, 7) is 12.0. The molecule has 1 unspecified atom stereocenters. The predicted molar refractivity (Wildman–Crippen MR) is 59.4 cm³/mol. The first-order valence-electron chi connectivity index (χ1n) is 5.41. The fourth-order valence-corrected chi connectivity index (χ4v) is 0.912. The van der Waals surface area contributed by atoms with E-state index in [1.54, 1.807) is 0 Å². The molecular formula is C11H25NO2.